The van der Waals surface area contributed by atoms with Gasteiger partial charge in [0.25, 0.3) is 0 Å². The van der Waals surface area contributed by atoms with Crippen LogP contribution in [-0.2, 0) is 6.51 Å². The van der Waals surface area contributed by atoms with Gasteiger partial charge in [-0.2, -0.15) is 0 Å². The zero-order valence-corrected chi connectivity index (χ0v) is 11.3. The molecular weight excluding hydrogens is 238 g/mol. The van der Waals surface area contributed by atoms with Crippen molar-refractivity contribution in [3.05, 3.63) is 0 Å². The topological polar surface area (TPSA) is 0 Å². The minimum absolute atomic E-state index is 1.15. The van der Waals surface area contributed by atoms with Gasteiger partial charge < -0.3 is 0 Å². The molecule has 0 N–H and O–H groups in total. The van der Waals surface area contributed by atoms with Gasteiger partial charge in [0.15, 0.2) is 0 Å². The fourth-order valence-corrected chi connectivity index (χ4v) is 92.8. The first-order valence-electron chi connectivity index (χ1n) is 7.27. The number of nitrogens with zero attached hydrogens (tertiary/aromatic N) is 1. The Labute approximate surface area is 86.4 Å². The Bertz CT molecular complexity index is 855. The molecule has 2 heteroatoms. The fourth-order valence-electron chi connectivity index (χ4n) is 17.8. The molecule has 88 valence electrons. The summed E-state index contributed by atoms with van der Waals surface area (Å²) in [5, 5.41) is 0. The molecule has 0 bridgehead atoms. The Morgan fingerprint density at radius 1 is 0.812 bits per heavy atom. The second-order valence-corrected chi connectivity index (χ2v) is 36.0. The third-order valence-electron chi connectivity index (χ3n) is 15.7. The zero-order valence-electron chi connectivity index (χ0n) is 10.2. The molecule has 10 aliphatic heterocycles. The van der Waals surface area contributed by atoms with E-state index in [9.17, 15) is 0 Å². The molecule has 1 spiro atoms. The van der Waals surface area contributed by atoms with Gasteiger partial charge in [-0.1, -0.05) is 0 Å². The Morgan fingerprint density at radius 2 is 1.25 bits per heavy atom. The molecule has 0 aromatic heterocycles. The summed E-state index contributed by atoms with van der Waals surface area (Å²) >= 11 is 0. The van der Waals surface area contributed by atoms with Crippen molar-refractivity contribution >= 4 is 0 Å². The zero-order chi connectivity index (χ0) is 10.2. The van der Waals surface area contributed by atoms with E-state index in [1.807, 2.05) is 0 Å². The molecule has 0 saturated carbocycles. The number of hydrogen-bond acceptors (Lipinski definition) is 0. The van der Waals surface area contributed by atoms with E-state index in [1.54, 1.807) is 6.54 Å². The Hall–Kier alpha value is 0.479. The van der Waals surface area contributed by atoms with Crippen LogP contribution in [0.5, 0.6) is 0 Å². The van der Waals surface area contributed by atoms with Gasteiger partial charge >= 0.3 is 86.3 Å². The van der Waals surface area contributed by atoms with Crippen molar-refractivity contribution < 1.29 is 11.0 Å². The van der Waals surface area contributed by atoms with Gasteiger partial charge in [0.2, 0.25) is 0 Å². The maximum atomic E-state index is 2.48. The van der Waals surface area contributed by atoms with Crippen LogP contribution in [0.1, 0.15) is 0 Å². The van der Waals surface area contributed by atoms with Crippen molar-refractivity contribution in [2.45, 2.75) is 47.7 Å². The van der Waals surface area contributed by atoms with Crippen LogP contribution < -0.4 is 0 Å². The van der Waals surface area contributed by atoms with Crippen molar-refractivity contribution in [3.8, 4) is 0 Å². The molecule has 16 heavy (non-hydrogen) atoms. The van der Waals surface area contributed by atoms with Crippen molar-refractivity contribution in [3.63, 3.8) is 0 Å². The predicted octanol–water partition coefficient (Wildman–Crippen LogP) is 3.45. The Morgan fingerprint density at radius 3 is 1.44 bits per heavy atom. The third kappa shape index (κ3) is 0.0546. The Balaban J connectivity index is 1.61. The van der Waals surface area contributed by atoms with E-state index >= 15 is 0 Å². The molecule has 4 unspecified atom stereocenters. The molecule has 0 amide bonds. The fraction of sp³-hybridized carbons (Fsp3) is 1.00. The van der Waals surface area contributed by atoms with E-state index in [1.165, 1.54) is 47.8 Å². The molecule has 0 aromatic rings. The quantitative estimate of drug-likeness (QED) is 0.525. The molecule has 10 aliphatic rings. The summed E-state index contributed by atoms with van der Waals surface area (Å²) in [6, 6.07) is 0. The molecule has 10 heterocycles. The van der Waals surface area contributed by atoms with Gasteiger partial charge in [0.05, 0.1) is 0 Å². The van der Waals surface area contributed by atoms with Gasteiger partial charge in [0.1, 0.15) is 0 Å². The first kappa shape index (κ1) is 6.08. The van der Waals surface area contributed by atoms with Gasteiger partial charge in [-0.15, -0.1) is 0 Å². The van der Waals surface area contributed by atoms with Crippen LogP contribution in [0, 0.1) is 0 Å². The second-order valence-electron chi connectivity index (χ2n) is 12.3. The number of rotatable bonds is 2. The van der Waals surface area contributed by atoms with Gasteiger partial charge in [-0.3, -0.25) is 0 Å². The second kappa shape index (κ2) is 0.444. The minimum atomic E-state index is -2.67. The maximum absolute atomic E-state index is 2.67. The molecule has 4 atom stereocenters. The Kier molecular flexibility index (Phi) is 0.169. The van der Waals surface area contributed by atoms with Crippen molar-refractivity contribution in [2.24, 2.45) is 0 Å². The average molecular weight is 258 g/mol. The number of quaternary nitrogens is 1. The van der Waals surface area contributed by atoms with Crippen LogP contribution >= 0.6 is 0 Å². The first-order valence-corrected chi connectivity index (χ1v) is 13.6. The van der Waals surface area contributed by atoms with Crippen LogP contribution in [0.4, 0.5) is 0 Å². The van der Waals surface area contributed by atoms with Gasteiger partial charge in [-0.25, -0.2) is 0 Å². The molecule has 0 aromatic carbocycles. The number of hydrogen-bond donors (Lipinski definition) is 0. The summed E-state index contributed by atoms with van der Waals surface area (Å²) in [5.74, 6) is 0. The SMILES string of the molecule is C[N+](C)(C)C[C]12[CH]3[CH]4[CH]5[CH]1[Fe]45321678[CH]2[CH]1[CH]6[CH]7[CH]28. The number of fused-ring (bicyclic) bond motifs is 10. The molecule has 10 rings (SSSR count). The molecular formula is C14H20FeN+. The van der Waals surface area contributed by atoms with E-state index in [-0.39, 0.29) is 0 Å². The van der Waals surface area contributed by atoms with Gasteiger partial charge in [0, 0.05) is 0 Å². The molecule has 10 saturated heterocycles. The summed E-state index contributed by atoms with van der Waals surface area (Å²) in [7, 11) is 7.44. The van der Waals surface area contributed by atoms with Crippen LogP contribution in [0.2, 0.25) is 47.7 Å². The van der Waals surface area contributed by atoms with Crippen molar-refractivity contribution in [2.75, 3.05) is 27.7 Å². The normalized spacial score (nSPS) is 127. The van der Waals surface area contributed by atoms with E-state index in [0.29, 0.717) is 0 Å². The monoisotopic (exact) mass is 258 g/mol. The predicted molar refractivity (Wildman–Crippen MR) is 59.3 cm³/mol. The summed E-state index contributed by atoms with van der Waals surface area (Å²) in [5.41, 5.74) is 0. The van der Waals surface area contributed by atoms with Crippen LogP contribution in [0.15, 0.2) is 0 Å². The van der Waals surface area contributed by atoms with Crippen LogP contribution in [-0.4, -0.2) is 32.2 Å². The molecule has 1 nitrogen and oxygen atoms in total. The summed E-state index contributed by atoms with van der Waals surface area (Å²) in [6.45, 7) is -1.04. The molecule has 0 radical (unpaired) electrons. The van der Waals surface area contributed by atoms with Crippen molar-refractivity contribution in [1.29, 1.82) is 0 Å². The standard InChI is InChI=1S/C9H15N.C5H5.Fe/c1-10(2,3)8-9-6-4-5-7-9;1-2-4-5-3-1;/h4-7H,8H2,1-3H3;1-5H;/q+1;;. The summed E-state index contributed by atoms with van der Waals surface area (Å²) in [4.78, 5) is 13.7. The summed E-state index contributed by atoms with van der Waals surface area (Å²) < 4.78 is 2.45. The third-order valence-corrected chi connectivity index (χ3v) is 58.6. The van der Waals surface area contributed by atoms with Gasteiger partial charge in [-0.05, 0) is 0 Å². The van der Waals surface area contributed by atoms with E-state index in [0.717, 1.165) is 4.31 Å². The van der Waals surface area contributed by atoms with Crippen LogP contribution in [0.25, 0.3) is 0 Å². The van der Waals surface area contributed by atoms with E-state index in [4.69, 9.17) is 0 Å². The summed E-state index contributed by atoms with van der Waals surface area (Å²) in [6.07, 6.45) is 0. The average Bonchev–Trinajstić information content (AvgIpc) is 3.10. The first-order chi connectivity index (χ1) is 7.25. The van der Waals surface area contributed by atoms with Crippen molar-refractivity contribution in [1.82, 2.24) is 0 Å². The molecule has 10 fully saturated rings. The van der Waals surface area contributed by atoms with Crippen LogP contribution in [0.3, 0.4) is 0 Å². The van der Waals surface area contributed by atoms with E-state index < -0.39 is 6.51 Å². The molecule has 0 aliphatic carbocycles. The van der Waals surface area contributed by atoms with E-state index in [2.05, 4.69) is 21.1 Å².